The van der Waals surface area contributed by atoms with Crippen LogP contribution in [0.5, 0.6) is 5.75 Å². The summed E-state index contributed by atoms with van der Waals surface area (Å²) in [6.07, 6.45) is 1.27. The van der Waals surface area contributed by atoms with Gasteiger partial charge in [-0.15, -0.1) is 0 Å². The van der Waals surface area contributed by atoms with E-state index < -0.39 is 0 Å². The number of aryl methyl sites for hydroxylation is 2. The van der Waals surface area contributed by atoms with Crippen LogP contribution in [-0.2, 0) is 0 Å². The monoisotopic (exact) mass is 219 g/mol. The smallest absolute Gasteiger partial charge is 0.122 e. The van der Waals surface area contributed by atoms with Gasteiger partial charge in [0.1, 0.15) is 5.75 Å². The molecule has 2 heteroatoms. The third-order valence-corrected chi connectivity index (χ3v) is 3.78. The summed E-state index contributed by atoms with van der Waals surface area (Å²) in [7, 11) is 1.71. The summed E-state index contributed by atoms with van der Waals surface area (Å²) >= 11 is 0. The minimum atomic E-state index is 0.194. The highest BCUT2D eigenvalue weighted by Crippen LogP contribution is 2.46. The molecule has 0 radical (unpaired) electrons. The van der Waals surface area contributed by atoms with E-state index in [1.807, 2.05) is 0 Å². The zero-order valence-electron chi connectivity index (χ0n) is 10.6. The number of rotatable bonds is 3. The van der Waals surface area contributed by atoms with Crippen molar-refractivity contribution in [2.75, 3.05) is 7.11 Å². The molecule has 2 N–H and O–H groups in total. The first-order valence-electron chi connectivity index (χ1n) is 5.95. The van der Waals surface area contributed by atoms with E-state index in [-0.39, 0.29) is 6.04 Å². The number of hydrogen-bond donors (Lipinski definition) is 1. The van der Waals surface area contributed by atoms with Crippen molar-refractivity contribution in [2.24, 2.45) is 17.6 Å². The first-order valence-corrected chi connectivity index (χ1v) is 5.95. The van der Waals surface area contributed by atoms with Gasteiger partial charge in [0, 0.05) is 6.04 Å². The molecule has 16 heavy (non-hydrogen) atoms. The van der Waals surface area contributed by atoms with E-state index in [0.29, 0.717) is 5.92 Å². The van der Waals surface area contributed by atoms with Gasteiger partial charge in [-0.1, -0.05) is 13.0 Å². The summed E-state index contributed by atoms with van der Waals surface area (Å²) in [4.78, 5) is 0. The third kappa shape index (κ3) is 1.94. The average Bonchev–Trinajstić information content (AvgIpc) is 2.97. The highest BCUT2D eigenvalue weighted by molar-refractivity contribution is 5.43. The molecule has 88 valence electrons. The first-order chi connectivity index (χ1) is 7.54. The highest BCUT2D eigenvalue weighted by atomic mass is 16.5. The molecule has 3 atom stereocenters. The van der Waals surface area contributed by atoms with Crippen LogP contribution in [0, 0.1) is 25.7 Å². The average molecular weight is 219 g/mol. The van der Waals surface area contributed by atoms with E-state index in [0.717, 1.165) is 11.7 Å². The maximum atomic E-state index is 6.31. The Balaban J connectivity index is 2.30. The molecule has 1 aromatic carbocycles. The van der Waals surface area contributed by atoms with Gasteiger partial charge in [0.25, 0.3) is 0 Å². The van der Waals surface area contributed by atoms with Crippen molar-refractivity contribution in [1.29, 1.82) is 0 Å². The second-order valence-corrected chi connectivity index (χ2v) is 5.08. The molecular weight excluding hydrogens is 198 g/mol. The van der Waals surface area contributed by atoms with Crippen LogP contribution in [0.2, 0.25) is 0 Å². The van der Waals surface area contributed by atoms with Gasteiger partial charge < -0.3 is 10.5 Å². The van der Waals surface area contributed by atoms with E-state index in [1.165, 1.54) is 23.1 Å². The second-order valence-electron chi connectivity index (χ2n) is 5.08. The molecule has 2 nitrogen and oxygen atoms in total. The van der Waals surface area contributed by atoms with Gasteiger partial charge in [-0.25, -0.2) is 0 Å². The largest absolute Gasteiger partial charge is 0.496 e. The fraction of sp³-hybridized carbons (Fsp3) is 0.571. The molecule has 1 aromatic rings. The molecule has 0 aliphatic heterocycles. The molecule has 0 aromatic heterocycles. The van der Waals surface area contributed by atoms with Crippen molar-refractivity contribution in [3.05, 3.63) is 28.8 Å². The summed E-state index contributed by atoms with van der Waals surface area (Å²) in [5.41, 5.74) is 10.0. The van der Waals surface area contributed by atoms with Gasteiger partial charge in [-0.05, 0) is 54.9 Å². The maximum absolute atomic E-state index is 6.31. The molecule has 0 saturated heterocycles. The molecule has 0 bridgehead atoms. The Bertz CT molecular complexity index is 400. The lowest BCUT2D eigenvalue weighted by atomic mass is 9.95. The summed E-state index contributed by atoms with van der Waals surface area (Å²) in [6.45, 7) is 6.46. The molecule has 1 aliphatic rings. The quantitative estimate of drug-likeness (QED) is 0.848. The normalized spacial score (nSPS) is 25.3. The lowest BCUT2D eigenvalue weighted by Crippen LogP contribution is -2.15. The summed E-state index contributed by atoms with van der Waals surface area (Å²) in [6, 6.07) is 4.47. The molecule has 1 saturated carbocycles. The zero-order valence-corrected chi connectivity index (χ0v) is 10.6. The van der Waals surface area contributed by atoms with Gasteiger partial charge in [0.05, 0.1) is 7.11 Å². The van der Waals surface area contributed by atoms with Gasteiger partial charge in [-0.3, -0.25) is 0 Å². The summed E-state index contributed by atoms with van der Waals surface area (Å²) < 4.78 is 5.32. The molecule has 0 spiro atoms. The Morgan fingerprint density at radius 3 is 2.44 bits per heavy atom. The second kappa shape index (κ2) is 4.10. The Morgan fingerprint density at radius 2 is 1.94 bits per heavy atom. The van der Waals surface area contributed by atoms with Crippen LogP contribution in [-0.4, -0.2) is 7.11 Å². The van der Waals surface area contributed by atoms with Crippen LogP contribution >= 0.6 is 0 Å². The predicted octanol–water partition coefficient (Wildman–Crippen LogP) is 2.97. The van der Waals surface area contributed by atoms with E-state index >= 15 is 0 Å². The zero-order chi connectivity index (χ0) is 11.9. The van der Waals surface area contributed by atoms with Crippen molar-refractivity contribution in [3.8, 4) is 5.75 Å². The lowest BCUT2D eigenvalue weighted by Gasteiger charge is -2.17. The van der Waals surface area contributed by atoms with Gasteiger partial charge in [-0.2, -0.15) is 0 Å². The molecular formula is C14H21NO. The minimum Gasteiger partial charge on any atom is -0.496 e. The molecule has 0 heterocycles. The van der Waals surface area contributed by atoms with Crippen LogP contribution in [0.3, 0.4) is 0 Å². The van der Waals surface area contributed by atoms with E-state index in [4.69, 9.17) is 10.5 Å². The molecule has 3 unspecified atom stereocenters. The lowest BCUT2D eigenvalue weighted by molar-refractivity contribution is 0.411. The summed E-state index contributed by atoms with van der Waals surface area (Å²) in [5.74, 6) is 2.42. The fourth-order valence-corrected chi connectivity index (χ4v) is 2.47. The molecule has 1 aliphatic carbocycles. The Morgan fingerprint density at radius 1 is 1.31 bits per heavy atom. The minimum absolute atomic E-state index is 0.194. The SMILES string of the molecule is COc1cc(C)c(C(N)C2CC2C)cc1C. The van der Waals surface area contributed by atoms with Gasteiger partial charge in [0.15, 0.2) is 0 Å². The van der Waals surface area contributed by atoms with E-state index in [1.54, 1.807) is 7.11 Å². The maximum Gasteiger partial charge on any atom is 0.122 e. The van der Waals surface area contributed by atoms with Crippen molar-refractivity contribution in [3.63, 3.8) is 0 Å². The van der Waals surface area contributed by atoms with Crippen LogP contribution in [0.15, 0.2) is 12.1 Å². The number of ether oxygens (including phenoxy) is 1. The van der Waals surface area contributed by atoms with E-state index in [9.17, 15) is 0 Å². The summed E-state index contributed by atoms with van der Waals surface area (Å²) in [5, 5.41) is 0. The molecule has 1 fully saturated rings. The number of benzene rings is 1. The van der Waals surface area contributed by atoms with Crippen LogP contribution in [0.4, 0.5) is 0 Å². The Labute approximate surface area is 97.8 Å². The topological polar surface area (TPSA) is 35.2 Å². The number of nitrogens with two attached hydrogens (primary N) is 1. The van der Waals surface area contributed by atoms with E-state index in [2.05, 4.69) is 32.9 Å². The van der Waals surface area contributed by atoms with Crippen molar-refractivity contribution in [2.45, 2.75) is 33.2 Å². The predicted molar refractivity (Wildman–Crippen MR) is 66.7 cm³/mol. The number of methoxy groups -OCH3 is 1. The van der Waals surface area contributed by atoms with Crippen molar-refractivity contribution >= 4 is 0 Å². The third-order valence-electron chi connectivity index (χ3n) is 3.78. The molecule has 2 rings (SSSR count). The molecule has 0 amide bonds. The highest BCUT2D eigenvalue weighted by Gasteiger charge is 2.38. The fourth-order valence-electron chi connectivity index (χ4n) is 2.47. The van der Waals surface area contributed by atoms with Crippen LogP contribution in [0.25, 0.3) is 0 Å². The van der Waals surface area contributed by atoms with Crippen LogP contribution < -0.4 is 10.5 Å². The Kier molecular flexibility index (Phi) is 2.94. The standard InChI is InChI=1S/C14H21NO/c1-8-5-11(8)14(15)12-6-10(3)13(16-4)7-9(12)2/h6-8,11,14H,5,15H2,1-4H3. The first kappa shape index (κ1) is 11.5. The van der Waals surface area contributed by atoms with Gasteiger partial charge in [0.2, 0.25) is 0 Å². The van der Waals surface area contributed by atoms with Gasteiger partial charge >= 0.3 is 0 Å². The Hall–Kier alpha value is -1.02. The van der Waals surface area contributed by atoms with Crippen LogP contribution in [0.1, 0.15) is 36.1 Å². The number of hydrogen-bond acceptors (Lipinski definition) is 2. The van der Waals surface area contributed by atoms with Crippen molar-refractivity contribution < 1.29 is 4.74 Å². The van der Waals surface area contributed by atoms with Crippen molar-refractivity contribution in [1.82, 2.24) is 0 Å².